The Hall–Kier alpha value is -1.50. The molecule has 1 aliphatic heterocycles. The first-order chi connectivity index (χ1) is 10.0. The fourth-order valence-electron chi connectivity index (χ4n) is 2.42. The number of anilines is 1. The van der Waals surface area contributed by atoms with E-state index in [0.717, 1.165) is 15.4 Å². The summed E-state index contributed by atoms with van der Waals surface area (Å²) >= 11 is 3.40. The Kier molecular flexibility index (Phi) is 3.69. The van der Waals surface area contributed by atoms with Crippen molar-refractivity contribution in [3.05, 3.63) is 34.9 Å². The number of benzene rings is 1. The molecule has 2 unspecified atom stereocenters. The van der Waals surface area contributed by atoms with Crippen LogP contribution < -0.4 is 11.1 Å². The van der Waals surface area contributed by atoms with Crippen molar-refractivity contribution in [2.24, 2.45) is 11.1 Å². The molecule has 21 heavy (non-hydrogen) atoms. The number of fused-ring (bicyclic) bond motifs is 1. The van der Waals surface area contributed by atoms with E-state index in [1.54, 1.807) is 6.20 Å². The van der Waals surface area contributed by atoms with E-state index in [1.165, 1.54) is 0 Å². The van der Waals surface area contributed by atoms with Gasteiger partial charge in [0.05, 0.1) is 29.8 Å². The van der Waals surface area contributed by atoms with Crippen molar-refractivity contribution < 1.29 is 9.53 Å². The van der Waals surface area contributed by atoms with E-state index < -0.39 is 5.41 Å². The lowest BCUT2D eigenvalue weighted by Gasteiger charge is -2.25. The molecule has 0 saturated carbocycles. The molecule has 1 fully saturated rings. The number of rotatable bonds is 2. The zero-order chi connectivity index (χ0) is 15.0. The van der Waals surface area contributed by atoms with Crippen LogP contribution in [0.3, 0.4) is 0 Å². The highest BCUT2D eigenvalue weighted by Crippen LogP contribution is 2.30. The highest BCUT2D eigenvalue weighted by atomic mass is 79.9. The summed E-state index contributed by atoms with van der Waals surface area (Å²) in [5.41, 5.74) is 6.72. The van der Waals surface area contributed by atoms with Gasteiger partial charge in [0.25, 0.3) is 0 Å². The van der Waals surface area contributed by atoms with Gasteiger partial charge in [-0.25, -0.2) is 0 Å². The molecule has 1 amide bonds. The first kappa shape index (κ1) is 14.4. The summed E-state index contributed by atoms with van der Waals surface area (Å²) in [4.78, 5) is 16.9. The van der Waals surface area contributed by atoms with Crippen molar-refractivity contribution in [2.45, 2.75) is 13.0 Å². The van der Waals surface area contributed by atoms with Crippen molar-refractivity contribution in [3.8, 4) is 0 Å². The molecule has 0 spiro atoms. The van der Waals surface area contributed by atoms with Crippen molar-refractivity contribution in [1.29, 1.82) is 0 Å². The largest absolute Gasteiger partial charge is 0.379 e. The quantitative estimate of drug-likeness (QED) is 0.871. The topological polar surface area (TPSA) is 77.2 Å². The Balaban J connectivity index is 1.93. The Bertz CT molecular complexity index is 706. The summed E-state index contributed by atoms with van der Waals surface area (Å²) in [6.45, 7) is 2.57. The number of para-hydroxylation sites is 1. The highest BCUT2D eigenvalue weighted by Gasteiger charge is 2.44. The molecular formula is C15H16BrN3O2. The van der Waals surface area contributed by atoms with Gasteiger partial charge in [-0.2, -0.15) is 0 Å². The number of nitrogens with one attached hydrogen (secondary N) is 1. The molecule has 0 bridgehead atoms. The maximum atomic E-state index is 12.5. The minimum absolute atomic E-state index is 0.135. The summed E-state index contributed by atoms with van der Waals surface area (Å²) in [5, 5.41) is 3.90. The average molecular weight is 350 g/mol. The second kappa shape index (κ2) is 5.36. The molecule has 2 aromatic rings. The van der Waals surface area contributed by atoms with Crippen LogP contribution in [-0.2, 0) is 9.53 Å². The molecule has 3 N–H and O–H groups in total. The third kappa shape index (κ3) is 2.54. The van der Waals surface area contributed by atoms with Gasteiger partial charge in [0, 0.05) is 22.1 Å². The third-order valence-electron chi connectivity index (χ3n) is 3.96. The zero-order valence-corrected chi connectivity index (χ0v) is 13.2. The number of carbonyl (C=O) groups excluding carboxylic acids is 1. The van der Waals surface area contributed by atoms with Crippen LogP contribution in [0.15, 0.2) is 34.9 Å². The van der Waals surface area contributed by atoms with Gasteiger partial charge in [0.2, 0.25) is 5.91 Å². The predicted octanol–water partition coefficient (Wildman–Crippen LogP) is 2.30. The minimum atomic E-state index is -0.711. The maximum Gasteiger partial charge on any atom is 0.234 e. The molecule has 1 saturated heterocycles. The maximum absolute atomic E-state index is 12.5. The molecule has 2 heterocycles. The van der Waals surface area contributed by atoms with Gasteiger partial charge in [-0.1, -0.05) is 12.1 Å². The van der Waals surface area contributed by atoms with E-state index in [0.29, 0.717) is 18.9 Å². The van der Waals surface area contributed by atoms with Crippen molar-refractivity contribution in [2.75, 3.05) is 18.5 Å². The summed E-state index contributed by atoms with van der Waals surface area (Å²) in [6, 6.07) is 7.35. The number of amides is 1. The van der Waals surface area contributed by atoms with Gasteiger partial charge in [0.1, 0.15) is 0 Å². The highest BCUT2D eigenvalue weighted by molar-refractivity contribution is 9.10. The summed E-state index contributed by atoms with van der Waals surface area (Å²) in [5.74, 6) is -0.135. The van der Waals surface area contributed by atoms with Gasteiger partial charge in [-0.05, 0) is 35.0 Å². The molecule has 0 radical (unpaired) electrons. The second-order valence-electron chi connectivity index (χ2n) is 5.52. The lowest BCUT2D eigenvalue weighted by molar-refractivity contribution is -0.125. The van der Waals surface area contributed by atoms with E-state index in [1.807, 2.05) is 31.2 Å². The van der Waals surface area contributed by atoms with Crippen LogP contribution >= 0.6 is 15.9 Å². The van der Waals surface area contributed by atoms with Gasteiger partial charge in [-0.15, -0.1) is 0 Å². The summed E-state index contributed by atoms with van der Waals surface area (Å²) < 4.78 is 6.23. The zero-order valence-electron chi connectivity index (χ0n) is 11.6. The Labute approximate surface area is 131 Å². The predicted molar refractivity (Wildman–Crippen MR) is 85.0 cm³/mol. The number of ether oxygens (including phenoxy) is 1. The Morgan fingerprint density at radius 3 is 3.10 bits per heavy atom. The lowest BCUT2D eigenvalue weighted by Crippen LogP contribution is -2.47. The monoisotopic (exact) mass is 349 g/mol. The molecule has 110 valence electrons. The van der Waals surface area contributed by atoms with Crippen LogP contribution in [0.2, 0.25) is 0 Å². The van der Waals surface area contributed by atoms with Crippen LogP contribution in [0, 0.1) is 5.41 Å². The number of halogens is 1. The molecule has 0 aliphatic carbocycles. The fraction of sp³-hybridized carbons (Fsp3) is 0.333. The average Bonchev–Trinajstić information content (AvgIpc) is 2.80. The van der Waals surface area contributed by atoms with Crippen LogP contribution in [0.25, 0.3) is 10.9 Å². The van der Waals surface area contributed by atoms with Crippen LogP contribution in [-0.4, -0.2) is 30.1 Å². The van der Waals surface area contributed by atoms with E-state index in [2.05, 4.69) is 26.2 Å². The minimum Gasteiger partial charge on any atom is -0.379 e. The molecule has 1 aromatic heterocycles. The van der Waals surface area contributed by atoms with Gasteiger partial charge in [0.15, 0.2) is 0 Å². The number of hydrogen-bond acceptors (Lipinski definition) is 4. The number of nitrogens with two attached hydrogens (primary N) is 1. The number of nitrogens with zero attached hydrogens (tertiary/aromatic N) is 1. The molecule has 6 heteroatoms. The van der Waals surface area contributed by atoms with Crippen molar-refractivity contribution >= 4 is 38.4 Å². The van der Waals surface area contributed by atoms with Gasteiger partial charge < -0.3 is 15.8 Å². The van der Waals surface area contributed by atoms with E-state index in [-0.39, 0.29) is 11.9 Å². The normalized spacial score (nSPS) is 25.2. The molecule has 2 atom stereocenters. The molecule has 1 aromatic carbocycles. The van der Waals surface area contributed by atoms with E-state index in [4.69, 9.17) is 10.5 Å². The first-order valence-electron chi connectivity index (χ1n) is 6.70. The summed E-state index contributed by atoms with van der Waals surface area (Å²) in [7, 11) is 0. The molecule has 1 aliphatic rings. The number of carbonyl (C=O) groups is 1. The second-order valence-corrected chi connectivity index (χ2v) is 6.44. The summed E-state index contributed by atoms with van der Waals surface area (Å²) in [6.07, 6.45) is 1.71. The van der Waals surface area contributed by atoms with Crippen molar-refractivity contribution in [1.82, 2.24) is 4.98 Å². The molecular weight excluding hydrogens is 334 g/mol. The van der Waals surface area contributed by atoms with E-state index in [9.17, 15) is 4.79 Å². The van der Waals surface area contributed by atoms with Gasteiger partial charge in [-0.3, -0.25) is 9.78 Å². The molecule has 5 nitrogen and oxygen atoms in total. The fourth-order valence-corrected chi connectivity index (χ4v) is 2.77. The lowest BCUT2D eigenvalue weighted by atomic mass is 9.85. The number of aromatic nitrogens is 1. The number of hydrogen-bond donors (Lipinski definition) is 2. The third-order valence-corrected chi connectivity index (χ3v) is 4.40. The molecule has 3 rings (SSSR count). The smallest absolute Gasteiger partial charge is 0.234 e. The Morgan fingerprint density at radius 2 is 2.38 bits per heavy atom. The SMILES string of the molecule is CC1(C(=O)Nc2cccc3cc(Br)cnc23)COCC1N. The number of pyridine rings is 1. The standard InChI is InChI=1S/C15H16BrN3O2/c1-15(8-21-7-12(15)17)14(20)19-11-4-2-3-9-5-10(16)6-18-13(9)11/h2-6,12H,7-8,17H2,1H3,(H,19,20). The van der Waals surface area contributed by atoms with Crippen LogP contribution in [0.4, 0.5) is 5.69 Å². The first-order valence-corrected chi connectivity index (χ1v) is 7.49. The van der Waals surface area contributed by atoms with Crippen LogP contribution in [0.1, 0.15) is 6.92 Å². The van der Waals surface area contributed by atoms with Crippen molar-refractivity contribution in [3.63, 3.8) is 0 Å². The van der Waals surface area contributed by atoms with E-state index >= 15 is 0 Å². The van der Waals surface area contributed by atoms with Crippen LogP contribution in [0.5, 0.6) is 0 Å². The van der Waals surface area contributed by atoms with Gasteiger partial charge >= 0.3 is 0 Å². The Morgan fingerprint density at radius 1 is 1.57 bits per heavy atom.